The van der Waals surface area contributed by atoms with Crippen molar-refractivity contribution in [2.45, 2.75) is 37.8 Å². The second kappa shape index (κ2) is 5.47. The Morgan fingerprint density at radius 2 is 1.95 bits per heavy atom. The van der Waals surface area contributed by atoms with E-state index in [2.05, 4.69) is 17.0 Å². The smallest absolute Gasteiger partial charge is 0.103 e. The predicted molar refractivity (Wildman–Crippen MR) is 81.7 cm³/mol. The summed E-state index contributed by atoms with van der Waals surface area (Å²) in [5, 5.41) is 0. The molecular weight excluding hydrogens is 256 g/mol. The van der Waals surface area contributed by atoms with Crippen molar-refractivity contribution in [1.82, 2.24) is 0 Å². The molecule has 1 saturated heterocycles. The highest BCUT2D eigenvalue weighted by atomic mass is 32.1. The molecule has 1 heterocycles. The van der Waals surface area contributed by atoms with Gasteiger partial charge in [-0.2, -0.15) is 0 Å². The lowest BCUT2D eigenvalue weighted by atomic mass is 9.89. The van der Waals surface area contributed by atoms with E-state index in [0.717, 1.165) is 18.7 Å². The molecule has 0 spiro atoms. The molecule has 2 fully saturated rings. The van der Waals surface area contributed by atoms with Gasteiger partial charge in [0.05, 0.1) is 18.8 Å². The van der Waals surface area contributed by atoms with Crippen LogP contribution in [0.25, 0.3) is 0 Å². The Labute approximate surface area is 119 Å². The van der Waals surface area contributed by atoms with Gasteiger partial charge in [-0.25, -0.2) is 0 Å². The number of nitrogens with two attached hydrogens (primary N) is 1. The monoisotopic (exact) mass is 276 g/mol. The van der Waals surface area contributed by atoms with Crippen molar-refractivity contribution in [3.8, 4) is 0 Å². The van der Waals surface area contributed by atoms with Crippen LogP contribution in [0.2, 0.25) is 0 Å². The van der Waals surface area contributed by atoms with Gasteiger partial charge in [0.2, 0.25) is 0 Å². The molecule has 0 bridgehead atoms. The third-order valence-corrected chi connectivity index (χ3v) is 4.45. The van der Waals surface area contributed by atoms with Crippen molar-refractivity contribution >= 4 is 22.9 Å². The van der Waals surface area contributed by atoms with Crippen molar-refractivity contribution in [3.05, 3.63) is 29.8 Å². The first-order valence-corrected chi connectivity index (χ1v) is 7.44. The minimum Gasteiger partial charge on any atom is -0.389 e. The molecule has 2 unspecified atom stereocenters. The van der Waals surface area contributed by atoms with E-state index in [4.69, 9.17) is 22.7 Å². The fraction of sp³-hybridized carbons (Fsp3) is 0.533. The zero-order chi connectivity index (χ0) is 13.2. The summed E-state index contributed by atoms with van der Waals surface area (Å²) in [7, 11) is 0. The third-order valence-electron chi connectivity index (χ3n) is 4.22. The van der Waals surface area contributed by atoms with E-state index in [9.17, 15) is 0 Å². The van der Waals surface area contributed by atoms with Gasteiger partial charge in [-0.1, -0.05) is 25.1 Å². The standard InChI is InChI=1S/C15H20N2OS/c16-15(19)11-5-7-12(8-6-11)17-9-10-18-14-4-2-1-3-13(14)17/h5-8,13-14H,1-4,9-10H2,(H2,16,19). The van der Waals surface area contributed by atoms with Crippen LogP contribution in [0.5, 0.6) is 0 Å². The first-order chi connectivity index (χ1) is 9.25. The van der Waals surface area contributed by atoms with Crippen LogP contribution in [0.4, 0.5) is 5.69 Å². The van der Waals surface area contributed by atoms with Crippen LogP contribution < -0.4 is 10.6 Å². The topological polar surface area (TPSA) is 38.5 Å². The van der Waals surface area contributed by atoms with Gasteiger partial charge in [-0.15, -0.1) is 0 Å². The van der Waals surface area contributed by atoms with Crippen LogP contribution in [-0.4, -0.2) is 30.3 Å². The number of hydrogen-bond donors (Lipinski definition) is 1. The maximum Gasteiger partial charge on any atom is 0.103 e. The van der Waals surface area contributed by atoms with Gasteiger partial charge in [0.25, 0.3) is 0 Å². The SMILES string of the molecule is NC(=S)c1ccc(N2CCOC3CCCCC32)cc1. The lowest BCUT2D eigenvalue weighted by molar-refractivity contribution is -0.00867. The maximum absolute atomic E-state index is 5.91. The number of fused-ring (bicyclic) bond motifs is 1. The van der Waals surface area contributed by atoms with Crippen molar-refractivity contribution in [2.75, 3.05) is 18.1 Å². The van der Waals surface area contributed by atoms with E-state index in [0.29, 0.717) is 17.1 Å². The van der Waals surface area contributed by atoms with Crippen LogP contribution in [0.15, 0.2) is 24.3 Å². The molecule has 1 aromatic carbocycles. The molecule has 0 amide bonds. The molecule has 1 aliphatic carbocycles. The molecule has 102 valence electrons. The average molecular weight is 276 g/mol. The van der Waals surface area contributed by atoms with Crippen LogP contribution in [0.1, 0.15) is 31.2 Å². The molecule has 1 saturated carbocycles. The summed E-state index contributed by atoms with van der Waals surface area (Å²) < 4.78 is 5.91. The first-order valence-electron chi connectivity index (χ1n) is 7.04. The number of ether oxygens (including phenoxy) is 1. The van der Waals surface area contributed by atoms with Gasteiger partial charge in [-0.3, -0.25) is 0 Å². The molecule has 3 rings (SSSR count). The zero-order valence-corrected chi connectivity index (χ0v) is 11.9. The summed E-state index contributed by atoms with van der Waals surface area (Å²) in [6.07, 6.45) is 5.47. The molecular formula is C15H20N2OS. The lowest BCUT2D eigenvalue weighted by Gasteiger charge is -2.45. The summed E-state index contributed by atoms with van der Waals surface area (Å²) in [5.74, 6) is 0. The van der Waals surface area contributed by atoms with Gasteiger partial charge >= 0.3 is 0 Å². The highest BCUT2D eigenvalue weighted by Crippen LogP contribution is 2.32. The number of morpholine rings is 1. The predicted octanol–water partition coefficient (Wildman–Crippen LogP) is 2.47. The van der Waals surface area contributed by atoms with Gasteiger partial charge in [-0.05, 0) is 37.1 Å². The molecule has 2 aliphatic rings. The van der Waals surface area contributed by atoms with Crippen molar-refractivity contribution in [1.29, 1.82) is 0 Å². The minimum absolute atomic E-state index is 0.415. The number of nitrogens with zero attached hydrogens (tertiary/aromatic N) is 1. The van der Waals surface area contributed by atoms with E-state index in [1.807, 2.05) is 12.1 Å². The Kier molecular flexibility index (Phi) is 3.71. The second-order valence-electron chi connectivity index (χ2n) is 5.37. The summed E-state index contributed by atoms with van der Waals surface area (Å²) >= 11 is 5.00. The molecule has 2 atom stereocenters. The van der Waals surface area contributed by atoms with E-state index < -0.39 is 0 Å². The fourth-order valence-corrected chi connectivity index (χ4v) is 3.37. The Hall–Kier alpha value is -1.13. The molecule has 1 aromatic rings. The second-order valence-corrected chi connectivity index (χ2v) is 5.81. The molecule has 0 aromatic heterocycles. The third kappa shape index (κ3) is 2.60. The van der Waals surface area contributed by atoms with Gasteiger partial charge in [0, 0.05) is 17.8 Å². The van der Waals surface area contributed by atoms with Crippen LogP contribution in [-0.2, 0) is 4.74 Å². The van der Waals surface area contributed by atoms with Gasteiger partial charge in [0.15, 0.2) is 0 Å². The number of thiocarbonyl (C=S) groups is 1. The Balaban J connectivity index is 1.81. The molecule has 1 aliphatic heterocycles. The quantitative estimate of drug-likeness (QED) is 0.842. The Bertz CT molecular complexity index is 458. The normalized spacial score (nSPS) is 26.8. The summed E-state index contributed by atoms with van der Waals surface area (Å²) in [5.41, 5.74) is 7.85. The molecule has 2 N–H and O–H groups in total. The highest BCUT2D eigenvalue weighted by Gasteiger charge is 2.34. The Morgan fingerprint density at radius 1 is 1.21 bits per heavy atom. The van der Waals surface area contributed by atoms with E-state index >= 15 is 0 Å². The van der Waals surface area contributed by atoms with Crippen LogP contribution in [0.3, 0.4) is 0 Å². The summed E-state index contributed by atoms with van der Waals surface area (Å²) in [6.45, 7) is 1.81. The first kappa shape index (κ1) is 12.9. The zero-order valence-electron chi connectivity index (χ0n) is 11.0. The van der Waals surface area contributed by atoms with Crippen LogP contribution >= 0.6 is 12.2 Å². The molecule has 0 radical (unpaired) electrons. The molecule has 4 heteroatoms. The van der Waals surface area contributed by atoms with Crippen molar-refractivity contribution in [2.24, 2.45) is 5.73 Å². The lowest BCUT2D eigenvalue weighted by Crippen LogP contribution is -2.52. The van der Waals surface area contributed by atoms with Gasteiger partial charge < -0.3 is 15.4 Å². The van der Waals surface area contributed by atoms with Crippen molar-refractivity contribution in [3.63, 3.8) is 0 Å². The summed E-state index contributed by atoms with van der Waals surface area (Å²) in [4.78, 5) is 2.96. The van der Waals surface area contributed by atoms with E-state index in [-0.39, 0.29) is 0 Å². The Morgan fingerprint density at radius 3 is 2.68 bits per heavy atom. The minimum atomic E-state index is 0.415. The summed E-state index contributed by atoms with van der Waals surface area (Å²) in [6, 6.07) is 8.84. The van der Waals surface area contributed by atoms with Gasteiger partial charge in [0.1, 0.15) is 4.99 Å². The average Bonchev–Trinajstić information content (AvgIpc) is 2.47. The van der Waals surface area contributed by atoms with E-state index in [1.165, 1.54) is 31.4 Å². The fourth-order valence-electron chi connectivity index (χ4n) is 3.23. The largest absolute Gasteiger partial charge is 0.389 e. The number of benzene rings is 1. The molecule has 19 heavy (non-hydrogen) atoms. The van der Waals surface area contributed by atoms with Crippen molar-refractivity contribution < 1.29 is 4.74 Å². The highest BCUT2D eigenvalue weighted by molar-refractivity contribution is 7.80. The van der Waals surface area contributed by atoms with E-state index in [1.54, 1.807) is 0 Å². The molecule has 3 nitrogen and oxygen atoms in total. The number of anilines is 1. The maximum atomic E-state index is 5.91. The number of hydrogen-bond acceptors (Lipinski definition) is 3. The van der Waals surface area contributed by atoms with Crippen LogP contribution in [0, 0.1) is 0 Å². The number of rotatable bonds is 2.